The van der Waals surface area contributed by atoms with Crippen molar-refractivity contribution in [3.8, 4) is 34.6 Å². The second-order valence-electron chi connectivity index (χ2n) is 17.2. The molecular weight excluding hydrogens is 873 g/mol. The van der Waals surface area contributed by atoms with Gasteiger partial charge in [0.15, 0.2) is 24.8 Å². The first-order valence-corrected chi connectivity index (χ1v) is 22.7. The summed E-state index contributed by atoms with van der Waals surface area (Å²) in [5.74, 6) is -0.537. The van der Waals surface area contributed by atoms with Crippen molar-refractivity contribution in [3.63, 3.8) is 0 Å². The van der Waals surface area contributed by atoms with E-state index in [9.17, 15) is 19.8 Å². The van der Waals surface area contributed by atoms with E-state index in [2.05, 4.69) is 20.5 Å². The molecule has 4 aromatic heterocycles. The summed E-state index contributed by atoms with van der Waals surface area (Å²) in [4.78, 5) is 31.7. The van der Waals surface area contributed by atoms with Crippen molar-refractivity contribution in [1.82, 2.24) is 18.9 Å². The predicted molar refractivity (Wildman–Crippen MR) is 261 cm³/mol. The van der Waals surface area contributed by atoms with Gasteiger partial charge in [-0.05, 0) is 121 Å². The number of hydrogen-bond acceptors (Lipinski definition) is 12. The molecule has 0 radical (unpaired) electrons. The summed E-state index contributed by atoms with van der Waals surface area (Å²) in [6.07, 6.45) is 8.24. The van der Waals surface area contributed by atoms with Crippen LogP contribution in [0.15, 0.2) is 158 Å². The van der Waals surface area contributed by atoms with E-state index in [4.69, 9.17) is 9.47 Å². The van der Waals surface area contributed by atoms with Crippen LogP contribution in [-0.4, -0.2) is 74.4 Å². The van der Waals surface area contributed by atoms with Crippen molar-refractivity contribution in [2.45, 2.75) is 45.7 Å². The second-order valence-corrected chi connectivity index (χ2v) is 17.2. The summed E-state index contributed by atoms with van der Waals surface area (Å²) < 4.78 is 17.7. The Labute approximate surface area is 402 Å². The van der Waals surface area contributed by atoms with Crippen molar-refractivity contribution in [2.24, 2.45) is 20.5 Å². The third kappa shape index (κ3) is 11.0. The molecule has 7 aromatic rings. The largest absolute Gasteiger partial charge is 0.858 e. The molecule has 0 saturated carbocycles. The lowest BCUT2D eigenvalue weighted by Crippen LogP contribution is -2.41. The van der Waals surface area contributed by atoms with Crippen LogP contribution < -0.4 is 39.9 Å². The van der Waals surface area contributed by atoms with Gasteiger partial charge in [-0.1, -0.05) is 54.6 Å². The number of nitrogens with zero attached hydrogens (tertiary/aromatic N) is 10. The van der Waals surface area contributed by atoms with Crippen molar-refractivity contribution in [3.05, 3.63) is 176 Å². The lowest BCUT2D eigenvalue weighted by atomic mass is 9.84. The minimum Gasteiger partial charge on any atom is -0.858 e. The lowest BCUT2D eigenvalue weighted by molar-refractivity contribution is -0.597. The van der Waals surface area contributed by atoms with Crippen molar-refractivity contribution in [1.29, 1.82) is 0 Å². The molecule has 0 spiro atoms. The van der Waals surface area contributed by atoms with Gasteiger partial charge in [-0.15, -0.1) is 20.5 Å². The maximum atomic E-state index is 14.0. The van der Waals surface area contributed by atoms with Crippen LogP contribution in [0.3, 0.4) is 0 Å². The summed E-state index contributed by atoms with van der Waals surface area (Å²) in [6.45, 7) is 5.23. The van der Waals surface area contributed by atoms with Crippen LogP contribution in [-0.2, 0) is 13.1 Å². The molecule has 0 unspecified atom stereocenters. The minimum absolute atomic E-state index is 0.0576. The van der Waals surface area contributed by atoms with E-state index in [0.717, 1.165) is 16.7 Å². The minimum atomic E-state index is -0.517. The van der Waals surface area contributed by atoms with E-state index in [0.29, 0.717) is 71.3 Å². The molecule has 69 heavy (non-hydrogen) atoms. The fourth-order valence-electron chi connectivity index (χ4n) is 8.34. The summed E-state index contributed by atoms with van der Waals surface area (Å²) in [6, 6.07) is 32.2. The van der Waals surface area contributed by atoms with Crippen molar-refractivity contribution >= 4 is 22.7 Å². The standard InChI is InChI=1S/C53H58N10O6/c1-36-46(50(64)62(32-18-26-58(3)4)52(66)48(36)60-28-14-10-15-29-60)56-54-41-24-22-39(34-43(41)68-7)45(38-20-12-9-13-21-38)40-23-25-42(44(35-40)69-8)55-57-47-37(2)49(61-30-16-11-17-31-61)53(67)63(51(47)65)33-19-27-59(5)6/h9-17,20-25,28-31,34-35,45H,18-19,26-27,32-33H2,1-8H3. The third-order valence-corrected chi connectivity index (χ3v) is 11.9. The van der Waals surface area contributed by atoms with Gasteiger partial charge >= 0.3 is 11.1 Å². The molecule has 0 N–H and O–H groups in total. The maximum Gasteiger partial charge on any atom is 0.323 e. The number of hydrogen-bond donors (Lipinski definition) is 0. The first-order chi connectivity index (χ1) is 33.3. The summed E-state index contributed by atoms with van der Waals surface area (Å²) >= 11 is 0. The van der Waals surface area contributed by atoms with Crippen molar-refractivity contribution in [2.75, 3.05) is 55.5 Å². The van der Waals surface area contributed by atoms with Crippen molar-refractivity contribution < 1.29 is 28.8 Å². The fraction of sp³-hybridized carbons (Fsp3) is 0.283. The van der Waals surface area contributed by atoms with E-state index in [1.54, 1.807) is 74.1 Å². The Morgan fingerprint density at radius 2 is 0.942 bits per heavy atom. The Morgan fingerprint density at radius 3 is 1.32 bits per heavy atom. The van der Waals surface area contributed by atoms with Crippen LogP contribution in [0.5, 0.6) is 23.3 Å². The number of ether oxygens (including phenoxy) is 2. The average Bonchev–Trinajstić information content (AvgIpc) is 3.35. The second kappa shape index (κ2) is 22.3. The van der Waals surface area contributed by atoms with Gasteiger partial charge in [0.25, 0.3) is 11.4 Å². The first kappa shape index (κ1) is 49.1. The highest BCUT2D eigenvalue weighted by Crippen LogP contribution is 2.42. The molecule has 0 aliphatic rings. The molecule has 0 amide bonds. The van der Waals surface area contributed by atoms with Gasteiger partial charge < -0.3 is 38.6 Å². The van der Waals surface area contributed by atoms with Gasteiger partial charge in [0.2, 0.25) is 0 Å². The van der Waals surface area contributed by atoms with Crippen LogP contribution in [0.25, 0.3) is 11.4 Å². The maximum absolute atomic E-state index is 14.0. The smallest absolute Gasteiger partial charge is 0.323 e. The van der Waals surface area contributed by atoms with Crippen LogP contribution in [0.1, 0.15) is 46.6 Å². The SMILES string of the molecule is COc1cc(C(c2ccccc2)c2ccc(N=Nc3c(C)c(-[n+]4ccccc4)c(=O)n(CCCN(C)C)c3[O-])c(OC)c2)ccc1N=Nc1c(C)c(-[n+]2ccccc2)c(=O)n(CCCN(C)C)c1[O-]. The molecule has 0 aliphatic heterocycles. The van der Waals surface area contributed by atoms with Crippen LogP contribution >= 0.6 is 0 Å². The fourth-order valence-corrected chi connectivity index (χ4v) is 8.34. The first-order valence-electron chi connectivity index (χ1n) is 22.7. The monoisotopic (exact) mass is 930 g/mol. The zero-order valence-electron chi connectivity index (χ0n) is 40.4. The zero-order chi connectivity index (χ0) is 49.2. The number of aromatic nitrogens is 4. The number of benzene rings is 3. The van der Waals surface area contributed by atoms with E-state index in [1.165, 1.54) is 9.13 Å². The molecule has 4 heterocycles. The Balaban J connectivity index is 1.26. The van der Waals surface area contributed by atoms with Gasteiger partial charge in [-0.2, -0.15) is 9.13 Å². The number of pyridine rings is 4. The Hall–Kier alpha value is -7.82. The number of methoxy groups -OCH3 is 2. The molecule has 0 atom stereocenters. The quantitative estimate of drug-likeness (QED) is 0.0463. The van der Waals surface area contributed by atoms with Crippen LogP contribution in [0.4, 0.5) is 22.7 Å². The molecule has 0 fully saturated rings. The summed E-state index contributed by atoms with van der Waals surface area (Å²) in [5, 5.41) is 46.1. The van der Waals surface area contributed by atoms with Crippen LogP contribution in [0.2, 0.25) is 0 Å². The normalized spacial score (nSPS) is 12.1. The Kier molecular flexibility index (Phi) is 15.9. The predicted octanol–water partition coefficient (Wildman–Crippen LogP) is 7.26. The van der Waals surface area contributed by atoms with E-state index in [-0.39, 0.29) is 30.4 Å². The highest BCUT2D eigenvalue weighted by atomic mass is 16.5. The lowest BCUT2D eigenvalue weighted by Gasteiger charge is -2.22. The molecule has 356 valence electrons. The Morgan fingerprint density at radius 1 is 0.551 bits per heavy atom. The van der Waals surface area contributed by atoms with Crippen LogP contribution in [0, 0.1) is 13.8 Å². The topological polar surface area (TPSA) is 172 Å². The third-order valence-electron chi connectivity index (χ3n) is 11.9. The summed E-state index contributed by atoms with van der Waals surface area (Å²) in [5.41, 5.74) is 4.24. The molecule has 7 rings (SSSR count). The Bertz CT molecular complexity index is 2890. The van der Waals surface area contributed by atoms with Gasteiger partial charge in [0.05, 0.1) is 25.3 Å². The molecule has 0 bridgehead atoms. The van der Waals surface area contributed by atoms with E-state index in [1.807, 2.05) is 129 Å². The summed E-state index contributed by atoms with van der Waals surface area (Å²) in [7, 11) is 10.9. The van der Waals surface area contributed by atoms with Gasteiger partial charge in [0.1, 0.15) is 34.2 Å². The molecule has 0 aliphatic carbocycles. The van der Waals surface area contributed by atoms with Gasteiger partial charge in [-0.25, -0.2) is 0 Å². The van der Waals surface area contributed by atoms with Gasteiger partial charge in [0, 0.05) is 43.3 Å². The molecule has 3 aromatic carbocycles. The highest BCUT2D eigenvalue weighted by Gasteiger charge is 2.25. The average molecular weight is 931 g/mol. The molecule has 0 saturated heterocycles. The number of rotatable bonds is 19. The molecule has 16 nitrogen and oxygen atoms in total. The number of azo groups is 2. The zero-order valence-corrected chi connectivity index (χ0v) is 40.4. The highest BCUT2D eigenvalue weighted by molar-refractivity contribution is 5.63. The van der Waals surface area contributed by atoms with Gasteiger partial charge in [-0.3, -0.25) is 9.59 Å². The molecular formula is C53H58N10O6. The van der Waals surface area contributed by atoms with E-state index >= 15 is 0 Å². The van der Waals surface area contributed by atoms with E-state index < -0.39 is 22.9 Å². The molecule has 16 heteroatoms.